The first kappa shape index (κ1) is 14.0. The van der Waals surface area contributed by atoms with Gasteiger partial charge in [-0.3, -0.25) is 4.39 Å². The Morgan fingerprint density at radius 3 is 2.78 bits per heavy atom. The van der Waals surface area contributed by atoms with Crippen LogP contribution in [0.5, 0.6) is 0 Å². The molecule has 0 radical (unpaired) electrons. The highest BCUT2D eigenvalue weighted by Crippen LogP contribution is 2.30. The summed E-state index contributed by atoms with van der Waals surface area (Å²) in [6.07, 6.45) is 1.18. The monoisotopic (exact) mass is 315 g/mol. The van der Waals surface area contributed by atoms with E-state index in [-0.39, 0.29) is 12.6 Å². The Bertz CT molecular complexity index is 371. The van der Waals surface area contributed by atoms with Crippen molar-refractivity contribution in [1.29, 1.82) is 0 Å². The lowest BCUT2D eigenvalue weighted by Crippen LogP contribution is -2.24. The molecule has 2 unspecified atom stereocenters. The zero-order valence-electron chi connectivity index (χ0n) is 10.4. The van der Waals surface area contributed by atoms with Crippen LogP contribution in [-0.2, 0) is 0 Å². The van der Waals surface area contributed by atoms with Crippen LogP contribution in [0, 0.1) is 5.92 Å². The molecule has 1 N–H and O–H groups in total. The number of hydrogen-bond donors (Lipinski definition) is 1. The van der Waals surface area contributed by atoms with Crippen LogP contribution in [0.4, 0.5) is 4.39 Å². The molecule has 4 heteroatoms. The van der Waals surface area contributed by atoms with E-state index in [1.807, 2.05) is 24.3 Å². The molecule has 1 aromatic carbocycles. The average molecular weight is 316 g/mol. The first-order valence-corrected chi connectivity index (χ1v) is 7.22. The van der Waals surface area contributed by atoms with Gasteiger partial charge < -0.3 is 10.0 Å². The molecule has 1 aliphatic rings. The molecule has 1 fully saturated rings. The molecule has 1 aromatic rings. The number of benzene rings is 1. The highest BCUT2D eigenvalue weighted by molar-refractivity contribution is 9.10. The van der Waals surface area contributed by atoms with Gasteiger partial charge in [-0.2, -0.15) is 0 Å². The fourth-order valence-electron chi connectivity index (χ4n) is 2.54. The van der Waals surface area contributed by atoms with Crippen molar-refractivity contribution in [2.45, 2.75) is 18.9 Å². The third-order valence-corrected chi connectivity index (χ3v) is 4.10. The Morgan fingerprint density at radius 2 is 2.11 bits per heavy atom. The molecule has 0 saturated carbocycles. The second-order valence-electron chi connectivity index (χ2n) is 4.89. The molecule has 0 bridgehead atoms. The lowest BCUT2D eigenvalue weighted by molar-refractivity contribution is 0.110. The normalized spacial score (nSPS) is 22.3. The van der Waals surface area contributed by atoms with Crippen LogP contribution >= 0.6 is 15.9 Å². The second-order valence-corrected chi connectivity index (χ2v) is 5.80. The summed E-state index contributed by atoms with van der Waals surface area (Å²) in [5.74, 6) is 0.269. The third-order valence-electron chi connectivity index (χ3n) is 3.57. The van der Waals surface area contributed by atoms with Gasteiger partial charge >= 0.3 is 0 Å². The van der Waals surface area contributed by atoms with E-state index in [0.29, 0.717) is 6.42 Å². The van der Waals surface area contributed by atoms with Crippen molar-refractivity contribution < 1.29 is 9.50 Å². The molecular formula is C14H19BrFNO. The predicted molar refractivity (Wildman–Crippen MR) is 74.2 cm³/mol. The molecule has 18 heavy (non-hydrogen) atoms. The largest absolute Gasteiger partial charge is 0.388 e. The Balaban J connectivity index is 1.90. The SMILES string of the molecule is OC(c1ccc(Br)cc1)C1CCN(CCCF)C1. The molecule has 2 nitrogen and oxygen atoms in total. The van der Waals surface area contributed by atoms with Gasteiger partial charge in [-0.05, 0) is 37.1 Å². The molecule has 2 atom stereocenters. The molecule has 1 aliphatic heterocycles. The molecule has 0 amide bonds. The van der Waals surface area contributed by atoms with E-state index in [0.717, 1.165) is 36.1 Å². The minimum atomic E-state index is -0.409. The minimum absolute atomic E-state index is 0.254. The molecule has 0 spiro atoms. The second kappa shape index (κ2) is 6.64. The summed E-state index contributed by atoms with van der Waals surface area (Å²) >= 11 is 3.39. The zero-order chi connectivity index (χ0) is 13.0. The van der Waals surface area contributed by atoms with Crippen LogP contribution in [0.15, 0.2) is 28.7 Å². The van der Waals surface area contributed by atoms with Gasteiger partial charge in [0.25, 0.3) is 0 Å². The number of nitrogens with zero attached hydrogens (tertiary/aromatic N) is 1. The van der Waals surface area contributed by atoms with E-state index < -0.39 is 6.10 Å². The third kappa shape index (κ3) is 3.53. The summed E-state index contributed by atoms with van der Waals surface area (Å²) in [7, 11) is 0. The van der Waals surface area contributed by atoms with E-state index in [4.69, 9.17) is 0 Å². The Labute approximate surface area is 116 Å². The minimum Gasteiger partial charge on any atom is -0.388 e. The van der Waals surface area contributed by atoms with Crippen LogP contribution in [0.2, 0.25) is 0 Å². The van der Waals surface area contributed by atoms with Crippen molar-refractivity contribution in [3.8, 4) is 0 Å². The van der Waals surface area contributed by atoms with Crippen molar-refractivity contribution in [3.63, 3.8) is 0 Å². The first-order chi connectivity index (χ1) is 8.70. The highest BCUT2D eigenvalue weighted by Gasteiger charge is 2.28. The molecular weight excluding hydrogens is 297 g/mol. The van der Waals surface area contributed by atoms with Gasteiger partial charge in [0.2, 0.25) is 0 Å². The van der Waals surface area contributed by atoms with E-state index in [1.54, 1.807) is 0 Å². The van der Waals surface area contributed by atoms with Crippen LogP contribution in [0.25, 0.3) is 0 Å². The number of aliphatic hydroxyl groups is 1. The standard InChI is InChI=1S/C14H19BrFNO/c15-13-4-2-11(3-5-13)14(18)12-6-9-17(10-12)8-1-7-16/h2-5,12,14,18H,1,6-10H2. The quantitative estimate of drug-likeness (QED) is 0.902. The number of hydrogen-bond acceptors (Lipinski definition) is 2. The summed E-state index contributed by atoms with van der Waals surface area (Å²) < 4.78 is 13.1. The van der Waals surface area contributed by atoms with E-state index >= 15 is 0 Å². The van der Waals surface area contributed by atoms with Crippen molar-refractivity contribution in [3.05, 3.63) is 34.3 Å². The predicted octanol–water partition coefficient (Wildman–Crippen LogP) is 3.16. The van der Waals surface area contributed by atoms with Gasteiger partial charge in [0, 0.05) is 23.5 Å². The zero-order valence-corrected chi connectivity index (χ0v) is 11.9. The first-order valence-electron chi connectivity index (χ1n) is 6.42. The van der Waals surface area contributed by atoms with Crippen molar-refractivity contribution in [2.24, 2.45) is 5.92 Å². The maximum Gasteiger partial charge on any atom is 0.0906 e. The molecule has 0 aliphatic carbocycles. The lowest BCUT2D eigenvalue weighted by Gasteiger charge is -2.19. The Kier molecular flexibility index (Phi) is 5.15. The fraction of sp³-hybridized carbons (Fsp3) is 0.571. The van der Waals surface area contributed by atoms with Crippen LogP contribution in [-0.4, -0.2) is 36.3 Å². The number of aliphatic hydroxyl groups excluding tert-OH is 1. The van der Waals surface area contributed by atoms with E-state index in [1.165, 1.54) is 0 Å². The fourth-order valence-corrected chi connectivity index (χ4v) is 2.80. The van der Waals surface area contributed by atoms with Crippen LogP contribution in [0.1, 0.15) is 24.5 Å². The van der Waals surface area contributed by atoms with Crippen molar-refractivity contribution in [2.75, 3.05) is 26.3 Å². The van der Waals surface area contributed by atoms with Crippen LogP contribution in [0.3, 0.4) is 0 Å². The van der Waals surface area contributed by atoms with Gasteiger partial charge in [0.05, 0.1) is 12.8 Å². The van der Waals surface area contributed by atoms with E-state index in [2.05, 4.69) is 20.8 Å². The number of rotatable bonds is 5. The smallest absolute Gasteiger partial charge is 0.0906 e. The van der Waals surface area contributed by atoms with Crippen molar-refractivity contribution in [1.82, 2.24) is 4.90 Å². The number of likely N-dealkylation sites (tertiary alicyclic amines) is 1. The van der Waals surface area contributed by atoms with Gasteiger partial charge in [-0.25, -0.2) is 0 Å². The summed E-state index contributed by atoms with van der Waals surface area (Å²) in [4.78, 5) is 2.24. The molecule has 1 saturated heterocycles. The Hall–Kier alpha value is -0.450. The maximum atomic E-state index is 12.1. The molecule has 100 valence electrons. The number of alkyl halides is 1. The van der Waals surface area contributed by atoms with E-state index in [9.17, 15) is 9.50 Å². The average Bonchev–Trinajstić information content (AvgIpc) is 2.85. The summed E-state index contributed by atoms with van der Waals surface area (Å²) in [6.45, 7) is 2.39. The molecule has 1 heterocycles. The van der Waals surface area contributed by atoms with Crippen LogP contribution < -0.4 is 0 Å². The topological polar surface area (TPSA) is 23.5 Å². The van der Waals surface area contributed by atoms with Gasteiger partial charge in [0.15, 0.2) is 0 Å². The number of halogens is 2. The summed E-state index contributed by atoms with van der Waals surface area (Å²) in [6, 6.07) is 7.82. The Morgan fingerprint density at radius 1 is 1.39 bits per heavy atom. The summed E-state index contributed by atoms with van der Waals surface area (Å²) in [5, 5.41) is 10.3. The van der Waals surface area contributed by atoms with Gasteiger partial charge in [-0.1, -0.05) is 28.1 Å². The van der Waals surface area contributed by atoms with Crippen molar-refractivity contribution >= 4 is 15.9 Å². The maximum absolute atomic E-state index is 12.1. The molecule has 0 aromatic heterocycles. The molecule has 2 rings (SSSR count). The summed E-state index contributed by atoms with van der Waals surface area (Å²) in [5.41, 5.74) is 0.968. The van der Waals surface area contributed by atoms with Gasteiger partial charge in [0.1, 0.15) is 0 Å². The highest BCUT2D eigenvalue weighted by atomic mass is 79.9. The van der Waals surface area contributed by atoms with Gasteiger partial charge in [-0.15, -0.1) is 0 Å². The lowest BCUT2D eigenvalue weighted by atomic mass is 9.95.